The molecule has 170 valence electrons. The van der Waals surface area contributed by atoms with E-state index in [2.05, 4.69) is 18.2 Å². The first-order valence-electron chi connectivity index (χ1n) is 10.3. The molecular formula is C26H24ClNO4S. The number of allylic oxidation sites excluding steroid dienone is 1. The lowest BCUT2D eigenvalue weighted by atomic mass is 10.1. The van der Waals surface area contributed by atoms with E-state index in [0.29, 0.717) is 35.3 Å². The van der Waals surface area contributed by atoms with Crippen LogP contribution in [-0.2, 0) is 16.4 Å². The van der Waals surface area contributed by atoms with Crippen LogP contribution in [0, 0.1) is 25.2 Å². The van der Waals surface area contributed by atoms with Crippen molar-refractivity contribution >= 4 is 27.5 Å². The van der Waals surface area contributed by atoms with Crippen LogP contribution >= 0.6 is 11.6 Å². The topological polar surface area (TPSA) is 76.4 Å². The molecule has 3 aromatic rings. The molecule has 3 rings (SSSR count). The molecule has 0 saturated carbocycles. The first-order valence-corrected chi connectivity index (χ1v) is 12.2. The van der Waals surface area contributed by atoms with Gasteiger partial charge in [0, 0.05) is 5.02 Å². The molecule has 0 saturated heterocycles. The Hall–Kier alpha value is -3.27. The Morgan fingerprint density at radius 1 is 0.970 bits per heavy atom. The molecule has 3 aromatic carbocycles. The molecule has 0 spiro atoms. The number of benzene rings is 3. The Morgan fingerprint density at radius 2 is 1.64 bits per heavy atom. The van der Waals surface area contributed by atoms with Gasteiger partial charge in [-0.3, -0.25) is 0 Å². The molecule has 0 amide bonds. The smallest absolute Gasteiger partial charge is 0.216 e. The van der Waals surface area contributed by atoms with Gasteiger partial charge in [0.25, 0.3) is 0 Å². The molecule has 0 aliphatic heterocycles. The van der Waals surface area contributed by atoms with E-state index in [1.807, 2.05) is 20.8 Å². The van der Waals surface area contributed by atoms with Crippen LogP contribution in [0.3, 0.4) is 0 Å². The lowest BCUT2D eigenvalue weighted by molar-refractivity contribution is 0.269. The Labute approximate surface area is 199 Å². The van der Waals surface area contributed by atoms with E-state index < -0.39 is 9.84 Å². The molecule has 0 bridgehead atoms. The highest BCUT2D eigenvalue weighted by Gasteiger charge is 2.21. The maximum atomic E-state index is 12.9. The molecule has 33 heavy (non-hydrogen) atoms. The zero-order valence-corrected chi connectivity index (χ0v) is 20.2. The number of rotatable bonds is 8. The van der Waals surface area contributed by atoms with Gasteiger partial charge in [-0.25, -0.2) is 8.42 Å². The van der Waals surface area contributed by atoms with Gasteiger partial charge in [0.1, 0.15) is 17.6 Å². The number of nitriles is 1. The van der Waals surface area contributed by atoms with Gasteiger partial charge >= 0.3 is 0 Å². The number of sulfone groups is 1. The van der Waals surface area contributed by atoms with E-state index in [0.717, 1.165) is 16.7 Å². The van der Waals surface area contributed by atoms with E-state index in [9.17, 15) is 13.7 Å². The van der Waals surface area contributed by atoms with Gasteiger partial charge in [-0.15, -0.1) is 0 Å². The Bertz CT molecular complexity index is 1300. The Morgan fingerprint density at radius 3 is 2.24 bits per heavy atom. The molecule has 0 fully saturated rings. The van der Waals surface area contributed by atoms with Crippen LogP contribution in [0.4, 0.5) is 0 Å². The van der Waals surface area contributed by atoms with Crippen molar-refractivity contribution in [3.63, 3.8) is 0 Å². The van der Waals surface area contributed by atoms with Crippen molar-refractivity contribution < 1.29 is 17.9 Å². The first kappa shape index (κ1) is 24.4. The van der Waals surface area contributed by atoms with Gasteiger partial charge < -0.3 is 9.47 Å². The SMILES string of the molecule is CCOc1cc(C=C(C#N)S(=O)(=O)c2ccc(Cl)cc2)ccc1OCc1cc(C)cc(C)c1. The molecule has 0 aliphatic carbocycles. The molecule has 0 aliphatic rings. The van der Waals surface area contributed by atoms with E-state index in [4.69, 9.17) is 21.1 Å². The number of hydrogen-bond donors (Lipinski definition) is 0. The van der Waals surface area contributed by atoms with Gasteiger partial charge in [0.15, 0.2) is 11.5 Å². The zero-order chi connectivity index (χ0) is 24.0. The Balaban J connectivity index is 1.90. The highest BCUT2D eigenvalue weighted by Crippen LogP contribution is 2.31. The van der Waals surface area contributed by atoms with Crippen molar-refractivity contribution in [2.75, 3.05) is 6.61 Å². The number of halogens is 1. The molecule has 7 heteroatoms. The van der Waals surface area contributed by atoms with Gasteiger partial charge in [-0.1, -0.05) is 47.0 Å². The minimum Gasteiger partial charge on any atom is -0.490 e. The number of nitrogens with zero attached hydrogens (tertiary/aromatic N) is 1. The molecule has 0 aromatic heterocycles. The van der Waals surface area contributed by atoms with Crippen molar-refractivity contribution in [1.82, 2.24) is 0 Å². The molecule has 0 radical (unpaired) electrons. The van der Waals surface area contributed by atoms with Gasteiger partial charge in [0.2, 0.25) is 9.84 Å². The number of aryl methyl sites for hydroxylation is 2. The largest absolute Gasteiger partial charge is 0.490 e. The lowest BCUT2D eigenvalue weighted by Crippen LogP contribution is -2.04. The highest BCUT2D eigenvalue weighted by atomic mass is 35.5. The van der Waals surface area contributed by atoms with Crippen molar-refractivity contribution in [2.24, 2.45) is 0 Å². The van der Waals surface area contributed by atoms with Crippen LogP contribution < -0.4 is 9.47 Å². The van der Waals surface area contributed by atoms with Gasteiger partial charge in [-0.2, -0.15) is 5.26 Å². The summed E-state index contributed by atoms with van der Waals surface area (Å²) in [6.07, 6.45) is 1.32. The summed E-state index contributed by atoms with van der Waals surface area (Å²) >= 11 is 5.85. The summed E-state index contributed by atoms with van der Waals surface area (Å²) < 4.78 is 37.5. The van der Waals surface area contributed by atoms with Crippen molar-refractivity contribution in [1.29, 1.82) is 5.26 Å². The quantitative estimate of drug-likeness (QED) is 0.354. The number of hydrogen-bond acceptors (Lipinski definition) is 5. The van der Waals surface area contributed by atoms with E-state index in [1.54, 1.807) is 24.3 Å². The fourth-order valence-electron chi connectivity index (χ4n) is 3.38. The fourth-order valence-corrected chi connectivity index (χ4v) is 4.66. The molecule has 0 atom stereocenters. The standard InChI is InChI=1S/C26H24ClNO4S/c1-4-31-26-15-20(5-10-25(26)32-17-21-12-18(2)11-19(3)13-21)14-24(16-28)33(29,30)23-8-6-22(27)7-9-23/h5-15H,4,17H2,1-3H3. The van der Waals surface area contributed by atoms with Crippen LogP contribution in [0.2, 0.25) is 5.02 Å². The van der Waals surface area contributed by atoms with E-state index in [-0.39, 0.29) is 9.80 Å². The molecular weight excluding hydrogens is 458 g/mol. The normalized spacial score (nSPS) is 11.7. The third kappa shape index (κ3) is 6.16. The maximum absolute atomic E-state index is 12.9. The summed E-state index contributed by atoms with van der Waals surface area (Å²) in [5, 5.41) is 9.95. The van der Waals surface area contributed by atoms with Crippen LogP contribution in [0.1, 0.15) is 29.2 Å². The molecule has 0 unspecified atom stereocenters. The lowest BCUT2D eigenvalue weighted by Gasteiger charge is -2.13. The van der Waals surface area contributed by atoms with Gasteiger partial charge in [-0.05, 0) is 74.4 Å². The minimum absolute atomic E-state index is 0.00173. The number of ether oxygens (including phenoxy) is 2. The third-order valence-corrected chi connectivity index (χ3v) is 6.70. The highest BCUT2D eigenvalue weighted by molar-refractivity contribution is 7.95. The predicted octanol–water partition coefficient (Wildman–Crippen LogP) is 6.27. The second-order valence-corrected chi connectivity index (χ2v) is 9.86. The summed E-state index contributed by atoms with van der Waals surface area (Å²) in [7, 11) is -3.99. The molecule has 0 N–H and O–H groups in total. The van der Waals surface area contributed by atoms with Crippen LogP contribution in [0.15, 0.2) is 70.5 Å². The second kappa shape index (κ2) is 10.6. The maximum Gasteiger partial charge on any atom is 0.216 e. The summed E-state index contributed by atoms with van der Waals surface area (Å²) in [5.41, 5.74) is 3.86. The monoisotopic (exact) mass is 481 g/mol. The fraction of sp³-hybridized carbons (Fsp3) is 0.192. The van der Waals surface area contributed by atoms with E-state index in [1.165, 1.54) is 30.3 Å². The third-order valence-electron chi connectivity index (χ3n) is 4.76. The van der Waals surface area contributed by atoms with Crippen molar-refractivity contribution in [3.05, 3.63) is 92.8 Å². The first-order chi connectivity index (χ1) is 15.7. The van der Waals surface area contributed by atoms with Gasteiger partial charge in [0.05, 0.1) is 11.5 Å². The molecule has 0 heterocycles. The molecule has 5 nitrogen and oxygen atoms in total. The van der Waals surface area contributed by atoms with Crippen LogP contribution in [0.25, 0.3) is 6.08 Å². The van der Waals surface area contributed by atoms with Crippen molar-refractivity contribution in [2.45, 2.75) is 32.3 Å². The summed E-state index contributed by atoms with van der Waals surface area (Å²) in [4.78, 5) is -0.380. The predicted molar refractivity (Wildman–Crippen MR) is 130 cm³/mol. The second-order valence-electron chi connectivity index (χ2n) is 7.50. The summed E-state index contributed by atoms with van der Waals surface area (Å²) in [6.45, 7) is 6.69. The Kier molecular flexibility index (Phi) is 7.80. The van der Waals surface area contributed by atoms with E-state index >= 15 is 0 Å². The average Bonchev–Trinajstić information content (AvgIpc) is 2.76. The summed E-state index contributed by atoms with van der Waals surface area (Å²) in [6, 6.07) is 18.8. The average molecular weight is 482 g/mol. The van der Waals surface area contributed by atoms with Crippen LogP contribution in [0.5, 0.6) is 11.5 Å². The summed E-state index contributed by atoms with van der Waals surface area (Å²) in [5.74, 6) is 1.00. The minimum atomic E-state index is -3.99. The van der Waals surface area contributed by atoms with Crippen molar-refractivity contribution in [3.8, 4) is 17.6 Å². The van der Waals surface area contributed by atoms with Crippen LogP contribution in [-0.4, -0.2) is 15.0 Å². The zero-order valence-electron chi connectivity index (χ0n) is 18.6.